The van der Waals surface area contributed by atoms with Gasteiger partial charge < -0.3 is 21.1 Å². The highest BCUT2D eigenvalue weighted by Gasteiger charge is 2.46. The van der Waals surface area contributed by atoms with Crippen molar-refractivity contribution in [2.24, 2.45) is 5.73 Å². The van der Waals surface area contributed by atoms with Crippen molar-refractivity contribution in [2.45, 2.75) is 57.1 Å². The number of methoxy groups -OCH3 is 1. The minimum atomic E-state index is -0.365. The number of benzene rings is 1. The summed E-state index contributed by atoms with van der Waals surface area (Å²) in [5.74, 6) is -0.365. The zero-order valence-corrected chi connectivity index (χ0v) is 16.0. The minimum Gasteiger partial charge on any atom is -0.379 e. The number of carbonyl (C=O) groups excluding carboxylic acids is 1. The van der Waals surface area contributed by atoms with Crippen molar-refractivity contribution in [3.05, 3.63) is 34.9 Å². The molecule has 0 fully saturated rings. The molecule has 1 aliphatic carbocycles. The van der Waals surface area contributed by atoms with E-state index < -0.39 is 0 Å². The quantitative estimate of drug-likeness (QED) is 0.597. The maximum absolute atomic E-state index is 11.7. The van der Waals surface area contributed by atoms with E-state index in [1.54, 1.807) is 7.11 Å². The van der Waals surface area contributed by atoms with Crippen LogP contribution in [0.2, 0.25) is 0 Å². The molecule has 0 aromatic heterocycles. The lowest BCUT2D eigenvalue weighted by atomic mass is 9.62. The Hall–Kier alpha value is -1.43. The van der Waals surface area contributed by atoms with Gasteiger partial charge in [-0.15, -0.1) is 0 Å². The van der Waals surface area contributed by atoms with Gasteiger partial charge in [0.15, 0.2) is 0 Å². The first-order valence-corrected chi connectivity index (χ1v) is 9.38. The summed E-state index contributed by atoms with van der Waals surface area (Å²) in [7, 11) is 3.77. The lowest BCUT2D eigenvalue weighted by Gasteiger charge is -2.49. The van der Waals surface area contributed by atoms with E-state index in [0.717, 1.165) is 38.8 Å². The SMILES string of the molecule is CCC1(CC)c2cc(C(N)=O)ccc2CC(OC)C1NCCCNC. The number of amides is 1. The Morgan fingerprint density at radius 2 is 2.04 bits per heavy atom. The van der Waals surface area contributed by atoms with Crippen LogP contribution in [0.25, 0.3) is 0 Å². The number of nitrogens with one attached hydrogen (secondary N) is 2. The number of hydrogen-bond donors (Lipinski definition) is 3. The van der Waals surface area contributed by atoms with Crippen molar-refractivity contribution >= 4 is 5.91 Å². The van der Waals surface area contributed by atoms with Crippen LogP contribution >= 0.6 is 0 Å². The average Bonchev–Trinajstić information content (AvgIpc) is 2.63. The molecular formula is C20H33N3O2. The summed E-state index contributed by atoms with van der Waals surface area (Å²) in [5, 5.41) is 6.95. The Bertz CT molecular complexity index is 584. The van der Waals surface area contributed by atoms with Crippen LogP contribution in [0.15, 0.2) is 18.2 Å². The van der Waals surface area contributed by atoms with Crippen molar-refractivity contribution in [2.75, 3.05) is 27.2 Å². The molecule has 5 nitrogen and oxygen atoms in total. The van der Waals surface area contributed by atoms with E-state index in [1.807, 2.05) is 19.2 Å². The number of primary amides is 1. The van der Waals surface area contributed by atoms with Gasteiger partial charge in [0.1, 0.15) is 0 Å². The maximum Gasteiger partial charge on any atom is 0.248 e. The molecule has 1 aliphatic rings. The fourth-order valence-corrected chi connectivity index (χ4v) is 4.37. The van der Waals surface area contributed by atoms with E-state index in [0.29, 0.717) is 5.56 Å². The Kier molecular flexibility index (Phi) is 6.99. The molecule has 0 radical (unpaired) electrons. The second kappa shape index (κ2) is 8.79. The Labute approximate surface area is 151 Å². The van der Waals surface area contributed by atoms with Crippen LogP contribution in [-0.2, 0) is 16.6 Å². The standard InChI is InChI=1S/C20H33N3O2/c1-5-20(6-2)16-12-15(19(21)24)9-8-14(16)13-17(25-4)18(20)23-11-7-10-22-3/h8-9,12,17-18,22-23H,5-7,10-11,13H2,1-4H3,(H2,21,24). The van der Waals surface area contributed by atoms with Crippen LogP contribution in [0.3, 0.4) is 0 Å². The van der Waals surface area contributed by atoms with Crippen molar-refractivity contribution in [1.29, 1.82) is 0 Å². The topological polar surface area (TPSA) is 76.4 Å². The number of fused-ring (bicyclic) bond motifs is 1. The number of hydrogen-bond acceptors (Lipinski definition) is 4. The third-order valence-electron chi connectivity index (χ3n) is 5.85. The molecule has 1 aromatic carbocycles. The van der Waals surface area contributed by atoms with Crippen LogP contribution in [0.5, 0.6) is 0 Å². The lowest BCUT2D eigenvalue weighted by molar-refractivity contribution is 0.0245. The molecule has 25 heavy (non-hydrogen) atoms. The summed E-state index contributed by atoms with van der Waals surface area (Å²) in [6, 6.07) is 6.13. The summed E-state index contributed by atoms with van der Waals surface area (Å²) < 4.78 is 5.88. The molecule has 1 aromatic rings. The molecule has 140 valence electrons. The normalized spacial score (nSPS) is 21.8. The number of rotatable bonds is 9. The summed E-state index contributed by atoms with van der Waals surface area (Å²) in [6.07, 6.45) is 4.03. The van der Waals surface area contributed by atoms with Gasteiger partial charge in [0.25, 0.3) is 0 Å². The highest BCUT2D eigenvalue weighted by atomic mass is 16.5. The van der Waals surface area contributed by atoms with E-state index in [4.69, 9.17) is 10.5 Å². The van der Waals surface area contributed by atoms with Gasteiger partial charge in [-0.2, -0.15) is 0 Å². The predicted octanol–water partition coefficient (Wildman–Crippen LogP) is 1.98. The highest BCUT2D eigenvalue weighted by molar-refractivity contribution is 5.93. The molecule has 2 unspecified atom stereocenters. The van der Waals surface area contributed by atoms with Gasteiger partial charge in [-0.25, -0.2) is 0 Å². The fraction of sp³-hybridized carbons (Fsp3) is 0.650. The number of nitrogens with two attached hydrogens (primary N) is 1. The smallest absolute Gasteiger partial charge is 0.248 e. The molecular weight excluding hydrogens is 314 g/mol. The van der Waals surface area contributed by atoms with Crippen LogP contribution in [0.4, 0.5) is 0 Å². The van der Waals surface area contributed by atoms with Crippen molar-refractivity contribution in [3.63, 3.8) is 0 Å². The molecule has 1 amide bonds. The van der Waals surface area contributed by atoms with Crippen LogP contribution < -0.4 is 16.4 Å². The first-order chi connectivity index (χ1) is 12.0. The number of carbonyl (C=O) groups is 1. The zero-order valence-electron chi connectivity index (χ0n) is 16.0. The Morgan fingerprint density at radius 3 is 2.60 bits per heavy atom. The second-order valence-corrected chi connectivity index (χ2v) is 6.97. The summed E-state index contributed by atoms with van der Waals surface area (Å²) in [5.41, 5.74) is 8.60. The van der Waals surface area contributed by atoms with Crippen LogP contribution in [-0.4, -0.2) is 45.3 Å². The van der Waals surface area contributed by atoms with Gasteiger partial charge >= 0.3 is 0 Å². The van der Waals surface area contributed by atoms with E-state index >= 15 is 0 Å². The van der Waals surface area contributed by atoms with Crippen molar-refractivity contribution < 1.29 is 9.53 Å². The van der Waals surface area contributed by atoms with Crippen LogP contribution in [0.1, 0.15) is 54.6 Å². The van der Waals surface area contributed by atoms with Gasteiger partial charge in [0.2, 0.25) is 5.91 Å². The first-order valence-electron chi connectivity index (χ1n) is 9.38. The molecule has 0 bridgehead atoms. The first kappa shape index (κ1) is 19.9. The monoisotopic (exact) mass is 347 g/mol. The van der Waals surface area contributed by atoms with Gasteiger partial charge in [0.05, 0.1) is 6.10 Å². The minimum absolute atomic E-state index is 0.0562. The highest BCUT2D eigenvalue weighted by Crippen LogP contribution is 2.44. The molecule has 0 aliphatic heterocycles. The number of ether oxygens (including phenoxy) is 1. The van der Waals surface area contributed by atoms with E-state index in [9.17, 15) is 4.79 Å². The van der Waals surface area contributed by atoms with E-state index in [2.05, 4.69) is 30.5 Å². The van der Waals surface area contributed by atoms with Gasteiger partial charge in [-0.1, -0.05) is 19.9 Å². The van der Waals surface area contributed by atoms with Crippen molar-refractivity contribution in [1.82, 2.24) is 10.6 Å². The van der Waals surface area contributed by atoms with E-state index in [1.165, 1.54) is 11.1 Å². The largest absolute Gasteiger partial charge is 0.379 e. The van der Waals surface area contributed by atoms with Gasteiger partial charge in [-0.05, 0) is 62.7 Å². The molecule has 4 N–H and O–H groups in total. The lowest BCUT2D eigenvalue weighted by Crippen LogP contribution is -2.59. The molecule has 5 heteroatoms. The third-order valence-corrected chi connectivity index (χ3v) is 5.85. The molecule has 0 saturated heterocycles. The molecule has 0 spiro atoms. The zero-order chi connectivity index (χ0) is 18.4. The van der Waals surface area contributed by atoms with Gasteiger partial charge in [-0.3, -0.25) is 4.79 Å². The third kappa shape index (κ3) is 3.89. The molecule has 0 heterocycles. The van der Waals surface area contributed by atoms with Crippen LogP contribution in [0, 0.1) is 0 Å². The van der Waals surface area contributed by atoms with Gasteiger partial charge in [0, 0.05) is 30.6 Å². The average molecular weight is 348 g/mol. The molecule has 2 atom stereocenters. The second-order valence-electron chi connectivity index (χ2n) is 6.97. The molecule has 2 rings (SSSR count). The summed E-state index contributed by atoms with van der Waals surface area (Å²) >= 11 is 0. The fourth-order valence-electron chi connectivity index (χ4n) is 4.37. The Balaban J connectivity index is 2.43. The maximum atomic E-state index is 11.7. The molecule has 0 saturated carbocycles. The van der Waals surface area contributed by atoms with E-state index in [-0.39, 0.29) is 23.5 Å². The Morgan fingerprint density at radius 1 is 1.32 bits per heavy atom. The summed E-state index contributed by atoms with van der Waals surface area (Å²) in [6.45, 7) is 6.39. The van der Waals surface area contributed by atoms with Crippen molar-refractivity contribution in [3.8, 4) is 0 Å². The summed E-state index contributed by atoms with van der Waals surface area (Å²) in [4.78, 5) is 11.7. The predicted molar refractivity (Wildman–Crippen MR) is 102 cm³/mol.